The van der Waals surface area contributed by atoms with Crippen molar-refractivity contribution in [3.63, 3.8) is 0 Å². The van der Waals surface area contributed by atoms with Gasteiger partial charge < -0.3 is 92.9 Å². The van der Waals surface area contributed by atoms with Crippen molar-refractivity contribution in [3.05, 3.63) is 47.2 Å². The van der Waals surface area contributed by atoms with Gasteiger partial charge in [0.2, 0.25) is 52.4 Å². The van der Waals surface area contributed by atoms with Crippen LogP contribution in [0.25, 0.3) is 0 Å². The van der Waals surface area contributed by atoms with E-state index in [0.29, 0.717) is 56.2 Å². The number of carbonyl (C=O) groups excluding carboxylic acids is 9. The normalized spacial score (nSPS) is 16.0. The second-order valence-electron chi connectivity index (χ2n) is 18.1. The molecule has 30 heteroatoms. The highest BCUT2D eigenvalue weighted by atomic mass is 32.2. The van der Waals surface area contributed by atoms with Crippen molar-refractivity contribution in [1.82, 2.24) is 41.5 Å². The minimum atomic E-state index is -1.57. The molecule has 0 saturated carbocycles. The van der Waals surface area contributed by atoms with Crippen LogP contribution >= 0.6 is 11.9 Å². The second kappa shape index (κ2) is 35.5. The van der Waals surface area contributed by atoms with Gasteiger partial charge in [0.25, 0.3) is 0 Å². The van der Waals surface area contributed by atoms with E-state index in [1.807, 2.05) is 0 Å². The van der Waals surface area contributed by atoms with Crippen LogP contribution in [0.3, 0.4) is 0 Å². The van der Waals surface area contributed by atoms with Gasteiger partial charge in [-0.05, 0) is 127 Å². The third-order valence-electron chi connectivity index (χ3n) is 11.9. The molecule has 29 nitrogen and oxygen atoms in total. The first-order valence-corrected chi connectivity index (χ1v) is 26.1. The van der Waals surface area contributed by atoms with Crippen molar-refractivity contribution < 1.29 is 58.2 Å². The lowest BCUT2D eigenvalue weighted by molar-refractivity contribution is -0.139. The van der Waals surface area contributed by atoms with E-state index >= 15 is 0 Å². The molecule has 0 aromatic heterocycles. The van der Waals surface area contributed by atoms with Gasteiger partial charge in [-0.1, -0.05) is 24.6 Å². The van der Waals surface area contributed by atoms with E-state index in [-0.39, 0.29) is 82.6 Å². The fourth-order valence-corrected chi connectivity index (χ4v) is 8.51. The van der Waals surface area contributed by atoms with Crippen molar-refractivity contribution >= 4 is 76.2 Å². The van der Waals surface area contributed by atoms with Crippen molar-refractivity contribution in [2.75, 3.05) is 45.8 Å². The van der Waals surface area contributed by atoms with Gasteiger partial charge in [0, 0.05) is 25.2 Å². The summed E-state index contributed by atoms with van der Waals surface area (Å²) in [5.74, 6) is -8.05. The molecule has 77 heavy (non-hydrogen) atoms. The molecule has 1 heterocycles. The Hall–Kier alpha value is -6.80. The maximum absolute atomic E-state index is 14.2. The molecule has 0 bridgehead atoms. The van der Waals surface area contributed by atoms with Crippen LogP contribution in [0.15, 0.2) is 41.0 Å². The molecule has 1 saturated heterocycles. The maximum Gasteiger partial charge on any atom is 0.352 e. The number of carbonyl (C=O) groups is 10. The Morgan fingerprint density at radius 3 is 2.08 bits per heavy atom. The second-order valence-corrected chi connectivity index (χ2v) is 18.9. The van der Waals surface area contributed by atoms with E-state index in [2.05, 4.69) is 41.6 Å². The standard InChI is InChI=1S/C47H79N17O12S/c1-26(58-43(72)37(35(65)24-51)62-40(69)29(52)12-2-4-17-48)39(68)57-25-36(66)59-31(14-7-19-50)44(73)64-21-9-16-34(64)46(76)77-63-33(23-27-10-6-11-28(22-27)38(53)67)42(71)60-30(13-3-5-18-49)41(70)61-32(45(74)75)15-8-20-56-47(54)55/h6,10-11,15,22,26,29-31,33-35,37,63,65H,2-5,7-9,12-14,16-21,23-25,48-52H2,1H3,(H2,53,67)(H,57,68)(H,58,72)(H,59,66)(H,60,71)(H,61,70)(H,62,69)(H,74,75)(H4,54,55,56)/b32-15-/t26-,29-,30-,31+,33-,34-,35-,37-/m0/s1. The fraction of sp³-hybridized carbons (Fsp3) is 0.596. The number of likely N-dealkylation sites (tertiary alicyclic amines) is 1. The van der Waals surface area contributed by atoms with Crippen molar-refractivity contribution in [2.45, 2.75) is 132 Å². The summed E-state index contributed by atoms with van der Waals surface area (Å²) >= 11 is 0.517. The molecule has 0 unspecified atom stereocenters. The van der Waals surface area contributed by atoms with Gasteiger partial charge in [-0.2, -0.15) is 0 Å². The molecule has 1 fully saturated rings. The lowest BCUT2D eigenvalue weighted by Crippen LogP contribution is -2.60. The SMILES string of the molecule is C[C@H](NC(=O)[C@@H](NC(=O)[C@@H](N)CCCCN)[C@@H](O)CN)C(=O)NCC(=O)N[C@H](CCCN)C(=O)N1CCC[C@H]1C(=O)SN[C@@H](Cc1cccc(C(N)=O)c1)C(=O)N[C@@H](CCCCN)C(=O)N/C(=C\CCN=C(N)N)C(=O)O. The van der Waals surface area contributed by atoms with Crippen LogP contribution in [-0.2, 0) is 49.6 Å². The Bertz CT molecular complexity index is 2240. The van der Waals surface area contributed by atoms with Gasteiger partial charge in [-0.15, -0.1) is 0 Å². The number of aliphatic carboxylic acids is 1. The highest BCUT2D eigenvalue weighted by Crippen LogP contribution is 2.24. The van der Waals surface area contributed by atoms with Gasteiger partial charge in [0.1, 0.15) is 41.9 Å². The highest BCUT2D eigenvalue weighted by Gasteiger charge is 2.39. The zero-order valence-electron chi connectivity index (χ0n) is 43.3. The van der Waals surface area contributed by atoms with Gasteiger partial charge in [0.15, 0.2) is 5.96 Å². The van der Waals surface area contributed by atoms with E-state index in [4.69, 9.17) is 45.9 Å². The van der Waals surface area contributed by atoms with E-state index in [0.717, 1.165) is 0 Å². The Morgan fingerprint density at radius 2 is 1.45 bits per heavy atom. The number of unbranched alkanes of at least 4 members (excludes halogenated alkanes) is 2. The summed E-state index contributed by atoms with van der Waals surface area (Å²) < 4.78 is 2.86. The van der Waals surface area contributed by atoms with Crippen LogP contribution < -0.4 is 82.5 Å². The largest absolute Gasteiger partial charge is 0.477 e. The number of nitrogens with two attached hydrogens (primary N) is 8. The van der Waals surface area contributed by atoms with E-state index < -0.39 is 126 Å². The number of aliphatic hydroxyl groups is 1. The van der Waals surface area contributed by atoms with E-state index in [9.17, 15) is 58.2 Å². The van der Waals surface area contributed by atoms with E-state index in [1.54, 1.807) is 6.07 Å². The Labute approximate surface area is 450 Å². The Morgan fingerprint density at radius 1 is 0.792 bits per heavy atom. The maximum atomic E-state index is 14.2. The lowest BCUT2D eigenvalue weighted by atomic mass is 10.0. The monoisotopic (exact) mass is 1110 g/mol. The summed E-state index contributed by atoms with van der Waals surface area (Å²) in [6.45, 7) is 1.14. The number of carboxylic acids is 1. The number of rotatable bonds is 36. The first-order valence-electron chi connectivity index (χ1n) is 25.3. The molecule has 0 aliphatic carbocycles. The van der Waals surface area contributed by atoms with Crippen molar-refractivity contribution in [2.24, 2.45) is 50.9 Å². The molecule has 2 rings (SSSR count). The number of carboxylic acid groups (broad SMARTS) is 1. The predicted molar refractivity (Wildman–Crippen MR) is 286 cm³/mol. The van der Waals surface area contributed by atoms with Crippen LogP contribution in [0.1, 0.15) is 93.5 Å². The third-order valence-corrected chi connectivity index (χ3v) is 12.8. The van der Waals surface area contributed by atoms with Gasteiger partial charge in [0.05, 0.1) is 18.7 Å². The van der Waals surface area contributed by atoms with Crippen LogP contribution in [0.4, 0.5) is 0 Å². The number of amides is 8. The number of benzene rings is 1. The van der Waals surface area contributed by atoms with Crippen molar-refractivity contribution in [1.29, 1.82) is 0 Å². The van der Waals surface area contributed by atoms with Crippen molar-refractivity contribution in [3.8, 4) is 0 Å². The summed E-state index contributed by atoms with van der Waals surface area (Å²) in [6.07, 6.45) is 2.73. The lowest BCUT2D eigenvalue weighted by Gasteiger charge is -2.29. The molecular formula is C47H79N17O12S. The van der Waals surface area contributed by atoms with Gasteiger partial charge in [-0.3, -0.25) is 48.1 Å². The zero-order valence-corrected chi connectivity index (χ0v) is 44.2. The van der Waals surface area contributed by atoms with Gasteiger partial charge in [-0.25, -0.2) is 9.52 Å². The number of primary amides is 1. The third kappa shape index (κ3) is 24.0. The Kier molecular flexibility index (Phi) is 30.6. The summed E-state index contributed by atoms with van der Waals surface area (Å²) in [5.41, 5.74) is 44.7. The number of hydrogen-bond acceptors (Lipinski definition) is 19. The quantitative estimate of drug-likeness (QED) is 0.00978. The fourth-order valence-electron chi connectivity index (χ4n) is 7.68. The molecule has 430 valence electrons. The predicted octanol–water partition coefficient (Wildman–Crippen LogP) is -6.08. The summed E-state index contributed by atoms with van der Waals surface area (Å²) in [4.78, 5) is 137. The molecule has 0 radical (unpaired) electrons. The molecule has 8 atom stereocenters. The van der Waals surface area contributed by atoms with E-state index in [1.165, 1.54) is 36.1 Å². The first kappa shape index (κ1) is 66.3. The average Bonchev–Trinajstić information content (AvgIpc) is 3.90. The van der Waals surface area contributed by atoms with Crippen LogP contribution in [0.5, 0.6) is 0 Å². The number of aliphatic imine (C=N–C) groups is 1. The molecule has 1 aliphatic rings. The van der Waals surface area contributed by atoms with Crippen LogP contribution in [0.2, 0.25) is 0 Å². The molecule has 0 spiro atoms. The van der Waals surface area contributed by atoms with Gasteiger partial charge >= 0.3 is 5.97 Å². The summed E-state index contributed by atoms with van der Waals surface area (Å²) in [6, 6.07) is -2.66. The highest BCUT2D eigenvalue weighted by molar-refractivity contribution is 8.12. The molecule has 8 amide bonds. The number of guanidine groups is 1. The molecule has 1 aliphatic heterocycles. The summed E-state index contributed by atoms with van der Waals surface area (Å²) in [7, 11) is 0. The Balaban J connectivity index is 2.25. The van der Waals surface area contributed by atoms with Crippen LogP contribution in [0, 0.1) is 0 Å². The van der Waals surface area contributed by atoms with Crippen LogP contribution in [-0.4, -0.2) is 174 Å². The number of aliphatic hydroxyl groups excluding tert-OH is 1. The summed E-state index contributed by atoms with van der Waals surface area (Å²) in [5, 5.41) is 34.3. The first-order chi connectivity index (χ1) is 36.6. The minimum Gasteiger partial charge on any atom is -0.477 e. The molecular weight excluding hydrogens is 1030 g/mol. The number of nitrogens with zero attached hydrogens (tertiary/aromatic N) is 2. The smallest absolute Gasteiger partial charge is 0.352 e. The number of nitrogens with one attached hydrogen (secondary N) is 7. The molecule has 1 aromatic rings. The minimum absolute atomic E-state index is 0.0292. The molecule has 25 N–H and O–H groups in total. The zero-order chi connectivity index (χ0) is 57.6. The number of hydrogen-bond donors (Lipinski definition) is 17. The average molecular weight is 1110 g/mol. The molecule has 1 aromatic carbocycles. The topological polar surface area (TPSA) is 519 Å².